The number of nitrogens with zero attached hydrogens (tertiary/aromatic N) is 1. The summed E-state index contributed by atoms with van der Waals surface area (Å²) in [5.41, 5.74) is 13.1. The number of thiophene rings is 1. The summed E-state index contributed by atoms with van der Waals surface area (Å²) in [5, 5.41) is 7.50. The number of rotatable bonds is 2. The molecule has 2 nitrogen and oxygen atoms in total. The Balaban J connectivity index is 1.15. The Morgan fingerprint density at radius 1 is 0.542 bits per heavy atom. The third-order valence-electron chi connectivity index (χ3n) is 10.8. The van der Waals surface area contributed by atoms with Crippen molar-refractivity contribution >= 4 is 75.3 Å². The van der Waals surface area contributed by atoms with Crippen LogP contribution in [-0.2, 0) is 5.41 Å². The van der Waals surface area contributed by atoms with Crippen molar-refractivity contribution in [3.8, 4) is 27.9 Å². The molecule has 0 saturated heterocycles. The fraction of sp³-hybridized carbons (Fsp3) is 0.0667. The molecule has 0 amide bonds. The first-order valence-electron chi connectivity index (χ1n) is 16.6. The van der Waals surface area contributed by atoms with Gasteiger partial charge in [-0.05, 0) is 69.8 Å². The number of hydrogen-bond acceptors (Lipinski definition) is 2. The smallest absolute Gasteiger partial charge is 0.137 e. The Labute approximate surface area is 281 Å². The number of para-hydroxylation sites is 1. The van der Waals surface area contributed by atoms with Crippen molar-refractivity contribution in [2.24, 2.45) is 0 Å². The quantitative estimate of drug-likeness (QED) is 0.186. The van der Waals surface area contributed by atoms with Gasteiger partial charge in [-0.2, -0.15) is 0 Å². The first-order valence-corrected chi connectivity index (χ1v) is 17.4. The van der Waals surface area contributed by atoms with Crippen LogP contribution in [0.1, 0.15) is 25.0 Å². The predicted molar refractivity (Wildman–Crippen MR) is 204 cm³/mol. The van der Waals surface area contributed by atoms with Crippen LogP contribution >= 0.6 is 11.3 Å². The van der Waals surface area contributed by atoms with Gasteiger partial charge in [0.2, 0.25) is 0 Å². The van der Waals surface area contributed by atoms with E-state index >= 15 is 0 Å². The second-order valence-corrected chi connectivity index (χ2v) is 14.8. The third kappa shape index (κ3) is 3.36. The number of benzene rings is 7. The molecule has 3 heteroatoms. The molecule has 3 aromatic heterocycles. The molecule has 10 aromatic rings. The maximum absolute atomic E-state index is 6.69. The van der Waals surface area contributed by atoms with Crippen molar-refractivity contribution < 1.29 is 4.42 Å². The van der Waals surface area contributed by atoms with Gasteiger partial charge in [0.05, 0.1) is 11.0 Å². The molecule has 0 radical (unpaired) electrons. The second kappa shape index (κ2) is 9.25. The van der Waals surface area contributed by atoms with Gasteiger partial charge in [-0.15, -0.1) is 11.3 Å². The van der Waals surface area contributed by atoms with Crippen LogP contribution in [-0.4, -0.2) is 4.57 Å². The highest BCUT2D eigenvalue weighted by Gasteiger charge is 2.38. The zero-order valence-electron chi connectivity index (χ0n) is 26.5. The normalized spacial score (nSPS) is 13.8. The number of fused-ring (bicyclic) bond motifs is 13. The molecule has 0 spiro atoms. The summed E-state index contributed by atoms with van der Waals surface area (Å²) >= 11 is 1.86. The second-order valence-electron chi connectivity index (χ2n) is 13.7. The maximum atomic E-state index is 6.69. The molecule has 48 heavy (non-hydrogen) atoms. The van der Waals surface area contributed by atoms with E-state index < -0.39 is 0 Å². The van der Waals surface area contributed by atoms with E-state index in [4.69, 9.17) is 4.42 Å². The molecule has 11 rings (SSSR count). The van der Waals surface area contributed by atoms with E-state index in [0.717, 1.165) is 22.2 Å². The molecule has 0 N–H and O–H groups in total. The van der Waals surface area contributed by atoms with E-state index in [1.54, 1.807) is 0 Å². The van der Waals surface area contributed by atoms with Crippen molar-refractivity contribution in [3.63, 3.8) is 0 Å². The van der Waals surface area contributed by atoms with Gasteiger partial charge in [-0.25, -0.2) is 0 Å². The minimum atomic E-state index is -0.133. The summed E-state index contributed by atoms with van der Waals surface area (Å²) in [4.78, 5) is 0. The van der Waals surface area contributed by atoms with E-state index in [1.807, 2.05) is 11.3 Å². The molecule has 0 fully saturated rings. The summed E-state index contributed by atoms with van der Waals surface area (Å²) < 4.78 is 11.8. The summed E-state index contributed by atoms with van der Waals surface area (Å²) in [5.74, 6) is 0. The monoisotopic (exact) mass is 631 g/mol. The molecule has 1 aliphatic carbocycles. The third-order valence-corrected chi connectivity index (χ3v) is 11.9. The molecule has 226 valence electrons. The van der Waals surface area contributed by atoms with Gasteiger partial charge in [0.1, 0.15) is 11.2 Å². The van der Waals surface area contributed by atoms with Crippen molar-refractivity contribution in [2.45, 2.75) is 19.3 Å². The average Bonchev–Trinajstić information content (AvgIpc) is 3.84. The molecule has 7 aromatic carbocycles. The van der Waals surface area contributed by atoms with E-state index in [0.29, 0.717) is 0 Å². The maximum Gasteiger partial charge on any atom is 0.137 e. The van der Waals surface area contributed by atoms with Crippen molar-refractivity contribution in [3.05, 3.63) is 151 Å². The van der Waals surface area contributed by atoms with Crippen LogP contribution in [0.15, 0.2) is 144 Å². The Hall–Kier alpha value is -5.64. The predicted octanol–water partition coefficient (Wildman–Crippen LogP) is 13.0. The highest BCUT2D eigenvalue weighted by molar-refractivity contribution is 7.25. The topological polar surface area (TPSA) is 18.1 Å². The Kier molecular flexibility index (Phi) is 5.09. The van der Waals surface area contributed by atoms with Crippen LogP contribution in [0.2, 0.25) is 0 Å². The molecule has 0 atom stereocenters. The van der Waals surface area contributed by atoms with Crippen LogP contribution < -0.4 is 0 Å². The molecular formula is C45H29NOS. The summed E-state index contributed by atoms with van der Waals surface area (Å²) in [6.45, 7) is 4.75. The fourth-order valence-electron chi connectivity index (χ4n) is 8.67. The van der Waals surface area contributed by atoms with Crippen LogP contribution in [0.5, 0.6) is 0 Å². The van der Waals surface area contributed by atoms with Gasteiger partial charge in [0.15, 0.2) is 0 Å². The molecule has 3 heterocycles. The summed E-state index contributed by atoms with van der Waals surface area (Å²) in [6.07, 6.45) is 0. The zero-order valence-corrected chi connectivity index (χ0v) is 27.4. The van der Waals surface area contributed by atoms with E-state index in [1.165, 1.54) is 80.7 Å². The summed E-state index contributed by atoms with van der Waals surface area (Å²) in [6, 6.07) is 51.2. The van der Waals surface area contributed by atoms with Crippen LogP contribution in [0.25, 0.3) is 91.9 Å². The Bertz CT molecular complexity index is 2990. The summed E-state index contributed by atoms with van der Waals surface area (Å²) in [7, 11) is 0. The standard InChI is InChI=1S/C45H29NOS/c1-45(2)36-14-6-3-10-29(36)33-22-23-34-30-11-4-7-15-37(30)46(44(34)43(33)45)27-19-21-35-39(25-27)47-38-16-9-13-28(42(35)38)26-18-20-32-31-12-5-8-17-40(31)48-41(32)24-26/h3-25H,1-2H3. The van der Waals surface area contributed by atoms with Crippen LogP contribution in [0.3, 0.4) is 0 Å². The lowest BCUT2D eigenvalue weighted by atomic mass is 9.81. The highest BCUT2D eigenvalue weighted by Crippen LogP contribution is 2.53. The molecular weight excluding hydrogens is 603 g/mol. The van der Waals surface area contributed by atoms with Gasteiger partial charge in [-0.3, -0.25) is 0 Å². The van der Waals surface area contributed by atoms with Crippen molar-refractivity contribution in [1.82, 2.24) is 4.57 Å². The number of furan rings is 1. The lowest BCUT2D eigenvalue weighted by Gasteiger charge is -2.23. The van der Waals surface area contributed by atoms with Gasteiger partial charge >= 0.3 is 0 Å². The number of hydrogen-bond donors (Lipinski definition) is 0. The van der Waals surface area contributed by atoms with Crippen LogP contribution in [0, 0.1) is 0 Å². The van der Waals surface area contributed by atoms with Crippen molar-refractivity contribution in [1.29, 1.82) is 0 Å². The Morgan fingerprint density at radius 3 is 2.23 bits per heavy atom. The van der Waals surface area contributed by atoms with E-state index in [9.17, 15) is 0 Å². The van der Waals surface area contributed by atoms with E-state index in [-0.39, 0.29) is 5.41 Å². The molecule has 0 saturated carbocycles. The lowest BCUT2D eigenvalue weighted by molar-refractivity contribution is 0.663. The minimum Gasteiger partial charge on any atom is -0.456 e. The van der Waals surface area contributed by atoms with Gasteiger partial charge < -0.3 is 8.98 Å². The van der Waals surface area contributed by atoms with Gasteiger partial charge in [0, 0.05) is 58.9 Å². The lowest BCUT2D eigenvalue weighted by Crippen LogP contribution is -2.16. The minimum absolute atomic E-state index is 0.133. The Morgan fingerprint density at radius 2 is 1.29 bits per heavy atom. The van der Waals surface area contributed by atoms with Gasteiger partial charge in [0.25, 0.3) is 0 Å². The molecule has 0 bridgehead atoms. The number of aromatic nitrogens is 1. The largest absolute Gasteiger partial charge is 0.456 e. The van der Waals surface area contributed by atoms with Crippen LogP contribution in [0.4, 0.5) is 0 Å². The fourth-order valence-corrected chi connectivity index (χ4v) is 9.81. The average molecular weight is 632 g/mol. The first-order chi connectivity index (χ1) is 23.6. The van der Waals surface area contributed by atoms with E-state index in [2.05, 4.69) is 158 Å². The highest BCUT2D eigenvalue weighted by atomic mass is 32.1. The zero-order chi connectivity index (χ0) is 31.7. The molecule has 0 unspecified atom stereocenters. The molecule has 1 aliphatic rings. The van der Waals surface area contributed by atoms with Crippen molar-refractivity contribution in [2.75, 3.05) is 0 Å². The SMILES string of the molecule is CC1(C)c2ccccc2-c2ccc3c4ccccc4n(-c4ccc5c(c4)oc4cccc(-c6ccc7c(c6)sc6ccccc67)c45)c3c21. The molecule has 0 aliphatic heterocycles. The van der Waals surface area contributed by atoms with Gasteiger partial charge in [-0.1, -0.05) is 111 Å². The first kappa shape index (κ1) is 26.4.